The number of rotatable bonds is 3. The molecule has 1 aromatic heterocycles. The van der Waals surface area contributed by atoms with Crippen molar-refractivity contribution >= 4 is 33.0 Å². The maximum absolute atomic E-state index is 12.5. The van der Waals surface area contributed by atoms with Gasteiger partial charge in [-0.25, -0.2) is 13.4 Å². The van der Waals surface area contributed by atoms with Crippen LogP contribution in [0, 0.1) is 20.8 Å². The quantitative estimate of drug-likeness (QED) is 0.671. The van der Waals surface area contributed by atoms with Crippen LogP contribution in [0.25, 0.3) is 0 Å². The minimum atomic E-state index is -3.82. The van der Waals surface area contributed by atoms with E-state index in [1.165, 1.54) is 0 Å². The molecule has 0 unspecified atom stereocenters. The number of sulfonamides is 1. The lowest BCUT2D eigenvalue weighted by Gasteiger charge is -2.13. The molecular weight excluding hydrogens is 310 g/mol. The predicted octanol–water partition coefficient (Wildman–Crippen LogP) is 3.04. The average Bonchev–Trinajstić information content (AvgIpc) is 2.37. The van der Waals surface area contributed by atoms with Crippen LogP contribution in [0.1, 0.15) is 16.7 Å². The van der Waals surface area contributed by atoms with Crippen molar-refractivity contribution in [1.82, 2.24) is 4.98 Å². The molecule has 3 N–H and O–H groups in total. The Morgan fingerprint density at radius 2 is 1.76 bits per heavy atom. The molecule has 0 spiro atoms. The predicted molar refractivity (Wildman–Crippen MR) is 85.1 cm³/mol. The molecule has 0 aliphatic rings. The van der Waals surface area contributed by atoms with Gasteiger partial charge in [-0.2, -0.15) is 0 Å². The lowest BCUT2D eigenvalue weighted by molar-refractivity contribution is 0.601. The second kappa shape index (κ2) is 5.54. The van der Waals surface area contributed by atoms with Crippen LogP contribution in [0.4, 0.5) is 11.4 Å². The van der Waals surface area contributed by atoms with Crippen LogP contribution in [0.3, 0.4) is 0 Å². The maximum Gasteiger partial charge on any atom is 0.264 e. The van der Waals surface area contributed by atoms with Crippen LogP contribution >= 0.6 is 11.6 Å². The van der Waals surface area contributed by atoms with Gasteiger partial charge in [-0.1, -0.05) is 11.6 Å². The van der Waals surface area contributed by atoms with E-state index < -0.39 is 10.0 Å². The number of nitrogens with one attached hydrogen (secondary N) is 1. The van der Waals surface area contributed by atoms with Gasteiger partial charge in [-0.05, 0) is 55.7 Å². The molecule has 0 amide bonds. The molecule has 0 fully saturated rings. The number of nitrogen functional groups attached to an aromatic ring is 1. The molecule has 0 bridgehead atoms. The summed E-state index contributed by atoms with van der Waals surface area (Å²) >= 11 is 5.92. The van der Waals surface area contributed by atoms with E-state index >= 15 is 0 Å². The normalized spacial score (nSPS) is 11.4. The number of hydrogen-bond acceptors (Lipinski definition) is 4. The summed E-state index contributed by atoms with van der Waals surface area (Å²) in [5.74, 6) is 0. The zero-order valence-electron chi connectivity index (χ0n) is 11.9. The Balaban J connectivity index is 2.48. The van der Waals surface area contributed by atoms with E-state index in [1.54, 1.807) is 31.3 Å². The lowest BCUT2D eigenvalue weighted by atomic mass is 10.1. The maximum atomic E-state index is 12.5. The average molecular weight is 326 g/mol. The largest absolute Gasteiger partial charge is 0.398 e. The smallest absolute Gasteiger partial charge is 0.264 e. The fourth-order valence-electron chi connectivity index (χ4n) is 1.87. The first-order valence-corrected chi connectivity index (χ1v) is 8.08. The number of benzene rings is 1. The highest BCUT2D eigenvalue weighted by atomic mass is 35.5. The van der Waals surface area contributed by atoms with Crippen molar-refractivity contribution in [2.24, 2.45) is 0 Å². The molecule has 1 heterocycles. The molecule has 2 rings (SSSR count). The van der Waals surface area contributed by atoms with Gasteiger partial charge in [0.15, 0.2) is 5.15 Å². The van der Waals surface area contributed by atoms with Gasteiger partial charge in [0, 0.05) is 6.20 Å². The van der Waals surface area contributed by atoms with E-state index in [0.29, 0.717) is 0 Å². The van der Waals surface area contributed by atoms with Gasteiger partial charge in [0.2, 0.25) is 0 Å². The molecule has 0 saturated heterocycles. The Labute approximate surface area is 129 Å². The summed E-state index contributed by atoms with van der Waals surface area (Å²) in [6.45, 7) is 5.50. The van der Waals surface area contributed by atoms with Crippen LogP contribution in [-0.4, -0.2) is 13.4 Å². The molecule has 21 heavy (non-hydrogen) atoms. The Hall–Kier alpha value is -1.79. The third-order valence-corrected chi connectivity index (χ3v) is 4.86. The van der Waals surface area contributed by atoms with E-state index in [4.69, 9.17) is 17.3 Å². The summed E-state index contributed by atoms with van der Waals surface area (Å²) in [5.41, 5.74) is 8.83. The molecule has 1 aromatic carbocycles. The van der Waals surface area contributed by atoms with Crippen LogP contribution in [0.5, 0.6) is 0 Å². The summed E-state index contributed by atoms with van der Waals surface area (Å²) in [6.07, 6.45) is 1.56. The fraction of sp³-hybridized carbons (Fsp3) is 0.214. The Morgan fingerprint density at radius 1 is 1.14 bits per heavy atom. The number of hydrogen-bond donors (Lipinski definition) is 2. The van der Waals surface area contributed by atoms with E-state index in [0.717, 1.165) is 16.7 Å². The Bertz CT molecular complexity index is 804. The van der Waals surface area contributed by atoms with Crippen LogP contribution < -0.4 is 10.5 Å². The number of aryl methyl sites for hydroxylation is 3. The Morgan fingerprint density at radius 3 is 2.43 bits per heavy atom. The summed E-state index contributed by atoms with van der Waals surface area (Å²) in [7, 11) is -3.82. The zero-order valence-corrected chi connectivity index (χ0v) is 13.5. The standard InChI is InChI=1S/C14H16ClN3O2S/c1-8-4-12(14(15)17-7-8)18-21(19,20)13-6-10(3)9(2)5-11(13)16/h4-7,18H,16H2,1-3H3. The van der Waals surface area contributed by atoms with E-state index in [9.17, 15) is 8.42 Å². The molecular formula is C14H16ClN3O2S. The minimum Gasteiger partial charge on any atom is -0.398 e. The van der Waals surface area contributed by atoms with Gasteiger partial charge >= 0.3 is 0 Å². The summed E-state index contributed by atoms with van der Waals surface area (Å²) in [4.78, 5) is 3.95. The summed E-state index contributed by atoms with van der Waals surface area (Å²) < 4.78 is 27.4. The van der Waals surface area contributed by atoms with Gasteiger partial charge in [-0.3, -0.25) is 4.72 Å². The highest BCUT2D eigenvalue weighted by molar-refractivity contribution is 7.92. The first kappa shape index (κ1) is 15.6. The number of aromatic nitrogens is 1. The van der Waals surface area contributed by atoms with Gasteiger partial charge in [-0.15, -0.1) is 0 Å². The van der Waals surface area contributed by atoms with Crippen molar-refractivity contribution in [3.05, 3.63) is 46.2 Å². The Kier molecular flexibility index (Phi) is 4.11. The summed E-state index contributed by atoms with van der Waals surface area (Å²) in [5, 5.41) is 0.0894. The van der Waals surface area contributed by atoms with Crippen LogP contribution in [-0.2, 0) is 10.0 Å². The van der Waals surface area contributed by atoms with Crippen molar-refractivity contribution in [2.75, 3.05) is 10.5 Å². The molecule has 5 nitrogen and oxygen atoms in total. The first-order valence-electron chi connectivity index (χ1n) is 6.22. The van der Waals surface area contributed by atoms with Gasteiger partial charge in [0.05, 0.1) is 11.4 Å². The van der Waals surface area contributed by atoms with Crippen molar-refractivity contribution < 1.29 is 8.42 Å². The lowest BCUT2D eigenvalue weighted by Crippen LogP contribution is -2.16. The van der Waals surface area contributed by atoms with Gasteiger partial charge in [0.25, 0.3) is 10.0 Å². The number of pyridine rings is 1. The first-order chi connectivity index (χ1) is 9.70. The van der Waals surface area contributed by atoms with Crippen molar-refractivity contribution in [3.63, 3.8) is 0 Å². The second-order valence-corrected chi connectivity index (χ2v) is 6.94. The third-order valence-electron chi connectivity index (χ3n) is 3.14. The molecule has 7 heteroatoms. The third kappa shape index (κ3) is 3.28. The van der Waals surface area contributed by atoms with E-state index in [1.807, 2.05) is 13.8 Å². The van der Waals surface area contributed by atoms with Crippen molar-refractivity contribution in [1.29, 1.82) is 0 Å². The fourth-order valence-corrected chi connectivity index (χ4v) is 3.33. The summed E-state index contributed by atoms with van der Waals surface area (Å²) in [6, 6.07) is 4.80. The van der Waals surface area contributed by atoms with Gasteiger partial charge in [0.1, 0.15) is 4.90 Å². The number of halogens is 1. The van der Waals surface area contributed by atoms with E-state index in [-0.39, 0.29) is 21.4 Å². The highest BCUT2D eigenvalue weighted by Crippen LogP contribution is 2.27. The SMILES string of the molecule is Cc1cnc(Cl)c(NS(=O)(=O)c2cc(C)c(C)cc2N)c1. The molecule has 0 saturated carbocycles. The van der Waals surface area contributed by atoms with E-state index in [2.05, 4.69) is 9.71 Å². The van der Waals surface area contributed by atoms with Crippen LogP contribution in [0.15, 0.2) is 29.3 Å². The minimum absolute atomic E-state index is 0.0307. The zero-order chi connectivity index (χ0) is 15.8. The second-order valence-electron chi connectivity index (χ2n) is 4.93. The van der Waals surface area contributed by atoms with Gasteiger partial charge < -0.3 is 5.73 Å². The molecule has 0 aliphatic carbocycles. The van der Waals surface area contributed by atoms with Crippen LogP contribution in [0.2, 0.25) is 5.15 Å². The molecule has 112 valence electrons. The monoisotopic (exact) mass is 325 g/mol. The molecule has 2 aromatic rings. The topological polar surface area (TPSA) is 85.1 Å². The highest BCUT2D eigenvalue weighted by Gasteiger charge is 2.20. The molecule has 0 radical (unpaired) electrons. The molecule has 0 aliphatic heterocycles. The number of nitrogens with two attached hydrogens (primary N) is 1. The van der Waals surface area contributed by atoms with Crippen molar-refractivity contribution in [3.8, 4) is 0 Å². The van der Waals surface area contributed by atoms with Crippen molar-refractivity contribution in [2.45, 2.75) is 25.7 Å². The number of nitrogens with zero attached hydrogens (tertiary/aromatic N) is 1. The molecule has 0 atom stereocenters. The number of anilines is 2.